The van der Waals surface area contributed by atoms with Gasteiger partial charge in [0, 0.05) is 38.3 Å². The highest BCUT2D eigenvalue weighted by atomic mass is 16.6. The summed E-state index contributed by atoms with van der Waals surface area (Å²) in [7, 11) is 0. The number of pyridine rings is 1. The largest absolute Gasteiger partial charge is 0.450 e. The van der Waals surface area contributed by atoms with E-state index in [0.29, 0.717) is 50.5 Å². The Morgan fingerprint density at radius 2 is 2.08 bits per heavy atom. The number of anilines is 2. The molecule has 0 aromatic carbocycles. The summed E-state index contributed by atoms with van der Waals surface area (Å²) < 4.78 is 4.99. The molecular weight excluding hydrogens is 314 g/mol. The van der Waals surface area contributed by atoms with Gasteiger partial charge in [-0.2, -0.15) is 0 Å². The van der Waals surface area contributed by atoms with Crippen LogP contribution in [-0.2, 0) is 4.74 Å². The van der Waals surface area contributed by atoms with Crippen molar-refractivity contribution in [2.45, 2.75) is 25.8 Å². The molecule has 9 nitrogen and oxygen atoms in total. The Balaban J connectivity index is 1.73. The zero-order valence-electron chi connectivity index (χ0n) is 13.6. The average molecular weight is 335 g/mol. The van der Waals surface area contributed by atoms with Gasteiger partial charge in [-0.05, 0) is 25.8 Å². The normalized spacial score (nSPS) is 17.5. The maximum Gasteiger partial charge on any atom is 0.409 e. The minimum absolute atomic E-state index is 0.0130. The number of hydrogen-bond acceptors (Lipinski definition) is 7. The zero-order chi connectivity index (χ0) is 17.1. The molecule has 1 N–H and O–H groups in total. The van der Waals surface area contributed by atoms with Gasteiger partial charge in [-0.25, -0.2) is 9.78 Å². The van der Waals surface area contributed by atoms with E-state index in [2.05, 4.69) is 10.3 Å². The van der Waals surface area contributed by atoms with Crippen LogP contribution >= 0.6 is 0 Å². The number of amides is 1. The van der Waals surface area contributed by atoms with Gasteiger partial charge in [0.05, 0.1) is 11.5 Å². The smallest absolute Gasteiger partial charge is 0.409 e. The topological polar surface area (TPSA) is 101 Å². The molecule has 0 atom stereocenters. The summed E-state index contributed by atoms with van der Waals surface area (Å²) in [5, 5.41) is 14.6. The Morgan fingerprint density at radius 3 is 2.67 bits per heavy atom. The number of nitro groups is 1. The molecule has 1 aliphatic heterocycles. The number of nitrogens with one attached hydrogen (secondary N) is 1. The fourth-order valence-electron chi connectivity index (χ4n) is 2.65. The Kier molecular flexibility index (Phi) is 4.68. The highest BCUT2D eigenvalue weighted by Crippen LogP contribution is 2.31. The van der Waals surface area contributed by atoms with Gasteiger partial charge in [0.15, 0.2) is 0 Å². The molecule has 9 heteroatoms. The predicted octanol–water partition coefficient (Wildman–Crippen LogP) is 1.84. The molecule has 0 spiro atoms. The molecule has 1 saturated carbocycles. The monoisotopic (exact) mass is 335 g/mol. The Morgan fingerprint density at radius 1 is 1.38 bits per heavy atom. The van der Waals surface area contributed by atoms with Crippen LogP contribution < -0.4 is 10.2 Å². The second-order valence-corrected chi connectivity index (χ2v) is 5.89. The van der Waals surface area contributed by atoms with Crippen molar-refractivity contribution in [3.63, 3.8) is 0 Å². The molecule has 130 valence electrons. The van der Waals surface area contributed by atoms with E-state index in [1.807, 2.05) is 4.90 Å². The molecule has 1 saturated heterocycles. The number of hydrogen-bond donors (Lipinski definition) is 1. The van der Waals surface area contributed by atoms with Crippen molar-refractivity contribution in [2.24, 2.45) is 0 Å². The van der Waals surface area contributed by atoms with Gasteiger partial charge in [0.25, 0.3) is 0 Å². The van der Waals surface area contributed by atoms with Gasteiger partial charge in [-0.3, -0.25) is 10.1 Å². The molecule has 0 radical (unpaired) electrons. The van der Waals surface area contributed by atoms with Crippen molar-refractivity contribution in [1.29, 1.82) is 0 Å². The van der Waals surface area contributed by atoms with Crippen LogP contribution in [0.1, 0.15) is 19.8 Å². The second kappa shape index (κ2) is 6.90. The fourth-order valence-corrected chi connectivity index (χ4v) is 2.65. The molecule has 24 heavy (non-hydrogen) atoms. The van der Waals surface area contributed by atoms with E-state index in [9.17, 15) is 14.9 Å². The highest BCUT2D eigenvalue weighted by molar-refractivity contribution is 5.68. The van der Waals surface area contributed by atoms with Crippen LogP contribution in [-0.4, -0.2) is 59.7 Å². The lowest BCUT2D eigenvalue weighted by atomic mass is 10.3. The van der Waals surface area contributed by atoms with Crippen LogP contribution in [0.25, 0.3) is 0 Å². The summed E-state index contributed by atoms with van der Waals surface area (Å²) in [6, 6.07) is 3.56. The molecule has 0 bridgehead atoms. The third-order valence-electron chi connectivity index (χ3n) is 4.09. The highest BCUT2D eigenvalue weighted by Gasteiger charge is 2.29. The van der Waals surface area contributed by atoms with Crippen LogP contribution in [0.3, 0.4) is 0 Å². The minimum atomic E-state index is -0.416. The molecule has 2 aliphatic rings. The molecule has 0 unspecified atom stereocenters. The number of carbonyl (C=O) groups is 1. The number of ether oxygens (including phenoxy) is 1. The van der Waals surface area contributed by atoms with Crippen molar-refractivity contribution in [1.82, 2.24) is 9.88 Å². The number of rotatable bonds is 5. The first-order valence-electron chi connectivity index (χ1n) is 8.17. The van der Waals surface area contributed by atoms with Crippen LogP contribution in [0, 0.1) is 10.1 Å². The lowest BCUT2D eigenvalue weighted by Crippen LogP contribution is -2.49. The predicted molar refractivity (Wildman–Crippen MR) is 88.3 cm³/mol. The summed E-state index contributed by atoms with van der Waals surface area (Å²) in [5.41, 5.74) is -0.0130. The van der Waals surface area contributed by atoms with Crippen LogP contribution in [0.15, 0.2) is 12.1 Å². The molecule has 1 amide bonds. The lowest BCUT2D eigenvalue weighted by molar-refractivity contribution is -0.384. The van der Waals surface area contributed by atoms with Crippen molar-refractivity contribution < 1.29 is 14.5 Å². The van der Waals surface area contributed by atoms with E-state index in [4.69, 9.17) is 4.74 Å². The minimum Gasteiger partial charge on any atom is -0.450 e. The maximum atomic E-state index is 11.8. The standard InChI is InChI=1S/C15H21N5O4/c1-2-24-15(21)19-9-7-18(8-10-19)14-12(20(22)23)5-6-13(17-14)16-11-3-4-11/h5-6,11H,2-4,7-10H2,1H3,(H,16,17). The van der Waals surface area contributed by atoms with Crippen molar-refractivity contribution in [3.05, 3.63) is 22.2 Å². The van der Waals surface area contributed by atoms with Gasteiger partial charge >= 0.3 is 11.8 Å². The molecule has 3 rings (SSSR count). The number of aromatic nitrogens is 1. The van der Waals surface area contributed by atoms with Gasteiger partial charge in [0.2, 0.25) is 5.82 Å². The van der Waals surface area contributed by atoms with E-state index >= 15 is 0 Å². The summed E-state index contributed by atoms with van der Waals surface area (Å²) >= 11 is 0. The lowest BCUT2D eigenvalue weighted by Gasteiger charge is -2.34. The fraction of sp³-hybridized carbons (Fsp3) is 0.600. The van der Waals surface area contributed by atoms with Gasteiger partial charge in [0.1, 0.15) is 5.82 Å². The van der Waals surface area contributed by atoms with E-state index in [-0.39, 0.29) is 11.8 Å². The summed E-state index contributed by atoms with van der Waals surface area (Å²) in [5.74, 6) is 1.01. The molecular formula is C15H21N5O4. The summed E-state index contributed by atoms with van der Waals surface area (Å²) in [4.78, 5) is 30.5. The third-order valence-corrected chi connectivity index (χ3v) is 4.09. The van der Waals surface area contributed by atoms with Gasteiger partial charge < -0.3 is 19.9 Å². The quantitative estimate of drug-likeness (QED) is 0.647. The second-order valence-electron chi connectivity index (χ2n) is 5.89. The van der Waals surface area contributed by atoms with Crippen LogP contribution in [0.2, 0.25) is 0 Å². The Bertz CT molecular complexity index is 626. The summed E-state index contributed by atoms with van der Waals surface area (Å²) in [6.07, 6.45) is 1.86. The van der Waals surface area contributed by atoms with E-state index in [1.165, 1.54) is 6.07 Å². The van der Waals surface area contributed by atoms with Crippen LogP contribution in [0.5, 0.6) is 0 Å². The Labute approximate surface area is 139 Å². The first-order chi connectivity index (χ1) is 11.6. The third kappa shape index (κ3) is 3.66. The van der Waals surface area contributed by atoms with Gasteiger partial charge in [-0.15, -0.1) is 0 Å². The number of carbonyl (C=O) groups excluding carboxylic acids is 1. The number of piperazine rings is 1. The van der Waals surface area contributed by atoms with Crippen molar-refractivity contribution >= 4 is 23.4 Å². The maximum absolute atomic E-state index is 11.8. The van der Waals surface area contributed by atoms with Crippen molar-refractivity contribution in [3.8, 4) is 0 Å². The van der Waals surface area contributed by atoms with E-state index in [1.54, 1.807) is 17.9 Å². The summed E-state index contributed by atoms with van der Waals surface area (Å²) in [6.45, 7) is 3.98. The van der Waals surface area contributed by atoms with E-state index in [0.717, 1.165) is 12.8 Å². The molecule has 2 fully saturated rings. The average Bonchev–Trinajstić information content (AvgIpc) is 3.39. The van der Waals surface area contributed by atoms with Crippen molar-refractivity contribution in [2.75, 3.05) is 43.0 Å². The zero-order valence-corrected chi connectivity index (χ0v) is 13.6. The molecule has 1 aliphatic carbocycles. The molecule has 1 aromatic heterocycles. The van der Waals surface area contributed by atoms with Gasteiger partial charge in [-0.1, -0.05) is 0 Å². The Hall–Kier alpha value is -2.58. The van der Waals surface area contributed by atoms with E-state index < -0.39 is 4.92 Å². The first kappa shape index (κ1) is 16.3. The number of nitrogens with zero attached hydrogens (tertiary/aromatic N) is 4. The molecule has 1 aromatic rings. The molecule has 2 heterocycles. The first-order valence-corrected chi connectivity index (χ1v) is 8.17. The van der Waals surface area contributed by atoms with Crippen LogP contribution in [0.4, 0.5) is 22.1 Å². The SMILES string of the molecule is CCOC(=O)N1CCN(c2nc(NC3CC3)ccc2[N+](=O)[O-])CC1.